The van der Waals surface area contributed by atoms with Crippen LogP contribution in [0.15, 0.2) is 6.20 Å². The maximum Gasteiger partial charge on any atom is 0.329 e. The maximum atomic E-state index is 11.9. The molecule has 0 spiro atoms. The molecule has 1 rings (SSSR count). The summed E-state index contributed by atoms with van der Waals surface area (Å²) in [7, 11) is 1.44. The fourth-order valence-corrected chi connectivity index (χ4v) is 1.21. The van der Waals surface area contributed by atoms with Gasteiger partial charge in [0.25, 0.3) is 0 Å². The first-order valence-corrected chi connectivity index (χ1v) is 5.38. The van der Waals surface area contributed by atoms with E-state index in [-0.39, 0.29) is 19.0 Å². The van der Waals surface area contributed by atoms with E-state index in [2.05, 4.69) is 10.3 Å². The fraction of sp³-hybridized carbons (Fsp3) is 0.600. The molecule has 1 heterocycles. The van der Waals surface area contributed by atoms with Gasteiger partial charge in [0.2, 0.25) is 5.91 Å². The van der Waals surface area contributed by atoms with Gasteiger partial charge in [-0.25, -0.2) is 9.48 Å². The number of hydrogen-bond donors (Lipinski definition) is 2. The lowest BCUT2D eigenvalue weighted by atomic mass is 10.0. The summed E-state index contributed by atoms with van der Waals surface area (Å²) in [6, 6.07) is 0. The second-order valence-electron chi connectivity index (χ2n) is 4.43. The first-order valence-electron chi connectivity index (χ1n) is 5.38. The van der Waals surface area contributed by atoms with Crippen LogP contribution in [0.3, 0.4) is 0 Å². The molecule has 0 aliphatic carbocycles. The van der Waals surface area contributed by atoms with E-state index in [0.29, 0.717) is 5.69 Å². The number of aromatic nitrogens is 3. The van der Waals surface area contributed by atoms with E-state index in [0.717, 1.165) is 0 Å². The molecule has 8 nitrogen and oxygen atoms in total. The zero-order valence-electron chi connectivity index (χ0n) is 10.6. The zero-order valence-corrected chi connectivity index (χ0v) is 10.6. The Balaban J connectivity index is 2.74. The van der Waals surface area contributed by atoms with E-state index in [1.54, 1.807) is 6.20 Å². The molecular formula is C10H17N5O3. The lowest BCUT2D eigenvalue weighted by Gasteiger charge is -2.31. The van der Waals surface area contributed by atoms with Gasteiger partial charge in [0.15, 0.2) is 0 Å². The quantitative estimate of drug-likeness (QED) is 0.701. The van der Waals surface area contributed by atoms with Gasteiger partial charge in [-0.1, -0.05) is 5.21 Å². The van der Waals surface area contributed by atoms with Crippen LogP contribution < -0.4 is 5.73 Å². The highest BCUT2D eigenvalue weighted by Crippen LogP contribution is 2.13. The van der Waals surface area contributed by atoms with Crippen LogP contribution in [0.25, 0.3) is 0 Å². The highest BCUT2D eigenvalue weighted by molar-refractivity contribution is 5.86. The standard InChI is InChI=1S/C10H17N5O3/c1-10(2,9(17)18)14(3)8(16)6-15-5-7(4-11)12-13-15/h5H,4,6,11H2,1-3H3,(H,17,18). The van der Waals surface area contributed by atoms with Crippen molar-refractivity contribution in [2.24, 2.45) is 5.73 Å². The number of aliphatic carboxylic acids is 1. The van der Waals surface area contributed by atoms with Crippen LogP contribution in [0, 0.1) is 0 Å². The van der Waals surface area contributed by atoms with Gasteiger partial charge >= 0.3 is 5.97 Å². The second kappa shape index (κ2) is 5.13. The molecule has 0 aliphatic rings. The molecule has 1 amide bonds. The average Bonchev–Trinajstić information content (AvgIpc) is 2.75. The summed E-state index contributed by atoms with van der Waals surface area (Å²) in [5, 5.41) is 16.5. The Morgan fingerprint density at radius 1 is 1.56 bits per heavy atom. The van der Waals surface area contributed by atoms with Gasteiger partial charge in [-0.2, -0.15) is 0 Å². The number of carbonyl (C=O) groups is 2. The number of carboxylic acids is 1. The minimum Gasteiger partial charge on any atom is -0.480 e. The third-order valence-electron chi connectivity index (χ3n) is 2.83. The Kier molecular flexibility index (Phi) is 4.02. The molecule has 18 heavy (non-hydrogen) atoms. The summed E-state index contributed by atoms with van der Waals surface area (Å²) in [4.78, 5) is 24.1. The summed E-state index contributed by atoms with van der Waals surface area (Å²) < 4.78 is 1.33. The van der Waals surface area contributed by atoms with Crippen LogP contribution in [0.5, 0.6) is 0 Å². The van der Waals surface area contributed by atoms with Crippen molar-refractivity contribution in [3.05, 3.63) is 11.9 Å². The smallest absolute Gasteiger partial charge is 0.329 e. The van der Waals surface area contributed by atoms with Crippen LogP contribution in [0.2, 0.25) is 0 Å². The minimum atomic E-state index is -1.27. The number of nitrogens with two attached hydrogens (primary N) is 1. The number of nitrogens with zero attached hydrogens (tertiary/aromatic N) is 4. The molecule has 0 bridgehead atoms. The molecule has 0 fully saturated rings. The molecule has 0 saturated carbocycles. The van der Waals surface area contributed by atoms with Crippen LogP contribution in [0.4, 0.5) is 0 Å². The summed E-state index contributed by atoms with van der Waals surface area (Å²) in [6.07, 6.45) is 1.56. The van der Waals surface area contributed by atoms with E-state index < -0.39 is 11.5 Å². The Morgan fingerprint density at radius 2 is 2.17 bits per heavy atom. The van der Waals surface area contributed by atoms with Gasteiger partial charge in [0.1, 0.15) is 12.1 Å². The van der Waals surface area contributed by atoms with E-state index in [9.17, 15) is 9.59 Å². The number of likely N-dealkylation sites (N-methyl/N-ethyl adjacent to an activating group) is 1. The van der Waals surface area contributed by atoms with Gasteiger partial charge < -0.3 is 15.7 Å². The van der Waals surface area contributed by atoms with Crippen molar-refractivity contribution in [3.63, 3.8) is 0 Å². The average molecular weight is 255 g/mol. The summed E-state index contributed by atoms with van der Waals surface area (Å²) >= 11 is 0. The van der Waals surface area contributed by atoms with Crippen LogP contribution in [-0.4, -0.2) is 49.5 Å². The van der Waals surface area contributed by atoms with Crippen molar-refractivity contribution < 1.29 is 14.7 Å². The Labute approximate surface area is 104 Å². The topological polar surface area (TPSA) is 114 Å². The lowest BCUT2D eigenvalue weighted by molar-refractivity contribution is -0.155. The molecule has 0 radical (unpaired) electrons. The Bertz CT molecular complexity index is 454. The van der Waals surface area contributed by atoms with Gasteiger partial charge in [-0.05, 0) is 13.8 Å². The second-order valence-corrected chi connectivity index (χ2v) is 4.43. The SMILES string of the molecule is CN(C(=O)Cn1cc(CN)nn1)C(C)(C)C(=O)O. The van der Waals surface area contributed by atoms with Gasteiger partial charge in [-0.3, -0.25) is 4.79 Å². The largest absolute Gasteiger partial charge is 0.480 e. The first kappa shape index (κ1) is 14.1. The van der Waals surface area contributed by atoms with E-state index >= 15 is 0 Å². The molecule has 0 aliphatic heterocycles. The van der Waals surface area contributed by atoms with Crippen molar-refractivity contribution in [1.82, 2.24) is 19.9 Å². The predicted molar refractivity (Wildman–Crippen MR) is 62.4 cm³/mol. The molecule has 1 aromatic heterocycles. The number of amides is 1. The Hall–Kier alpha value is -1.96. The summed E-state index contributed by atoms with van der Waals surface area (Å²) in [5.41, 5.74) is 4.68. The van der Waals surface area contributed by atoms with E-state index in [4.69, 9.17) is 10.8 Å². The summed E-state index contributed by atoms with van der Waals surface area (Å²) in [5.74, 6) is -1.43. The normalized spacial score (nSPS) is 11.3. The monoisotopic (exact) mass is 255 g/mol. The van der Waals surface area contributed by atoms with Crippen molar-refractivity contribution in [1.29, 1.82) is 0 Å². The molecule has 1 aromatic rings. The molecule has 0 saturated heterocycles. The zero-order chi connectivity index (χ0) is 13.9. The number of rotatable bonds is 5. The predicted octanol–water partition coefficient (Wildman–Crippen LogP) is -0.942. The lowest BCUT2D eigenvalue weighted by Crippen LogP contribution is -2.51. The van der Waals surface area contributed by atoms with Crippen molar-refractivity contribution in [3.8, 4) is 0 Å². The highest BCUT2D eigenvalue weighted by atomic mass is 16.4. The third-order valence-corrected chi connectivity index (χ3v) is 2.83. The molecule has 3 N–H and O–H groups in total. The third kappa shape index (κ3) is 2.83. The van der Waals surface area contributed by atoms with Gasteiger partial charge in [0, 0.05) is 13.6 Å². The molecule has 0 unspecified atom stereocenters. The number of carbonyl (C=O) groups excluding carboxylic acids is 1. The Morgan fingerprint density at radius 3 is 2.61 bits per heavy atom. The first-order chi connectivity index (χ1) is 8.28. The van der Waals surface area contributed by atoms with Crippen LogP contribution >= 0.6 is 0 Å². The van der Waals surface area contributed by atoms with Crippen molar-refractivity contribution >= 4 is 11.9 Å². The molecule has 8 heteroatoms. The fourth-order valence-electron chi connectivity index (χ4n) is 1.21. The van der Waals surface area contributed by atoms with Gasteiger partial charge in [-0.15, -0.1) is 5.10 Å². The van der Waals surface area contributed by atoms with E-state index in [1.165, 1.54) is 30.5 Å². The summed E-state index contributed by atoms with van der Waals surface area (Å²) in [6.45, 7) is 3.09. The molecular weight excluding hydrogens is 238 g/mol. The molecule has 100 valence electrons. The van der Waals surface area contributed by atoms with Crippen LogP contribution in [-0.2, 0) is 22.7 Å². The minimum absolute atomic E-state index is 0.0692. The van der Waals surface area contributed by atoms with Crippen molar-refractivity contribution in [2.45, 2.75) is 32.5 Å². The molecule has 0 aromatic carbocycles. The van der Waals surface area contributed by atoms with E-state index in [1.807, 2.05) is 0 Å². The van der Waals surface area contributed by atoms with Crippen molar-refractivity contribution in [2.75, 3.05) is 7.05 Å². The van der Waals surface area contributed by atoms with Crippen LogP contribution in [0.1, 0.15) is 19.5 Å². The molecule has 0 atom stereocenters. The highest BCUT2D eigenvalue weighted by Gasteiger charge is 2.35. The van der Waals surface area contributed by atoms with Gasteiger partial charge in [0.05, 0.1) is 11.9 Å². The number of hydrogen-bond acceptors (Lipinski definition) is 5. The number of carboxylic acid groups (broad SMARTS) is 1. The maximum absolute atomic E-state index is 11.9.